The van der Waals surface area contributed by atoms with Crippen LogP contribution in [0.4, 0.5) is 14.6 Å². The Labute approximate surface area is 160 Å². The third-order valence-electron chi connectivity index (χ3n) is 4.19. The first kappa shape index (κ1) is 17.6. The summed E-state index contributed by atoms with van der Waals surface area (Å²) in [5.74, 6) is -1.37. The summed E-state index contributed by atoms with van der Waals surface area (Å²) in [6, 6.07) is 22.6. The van der Waals surface area contributed by atoms with Gasteiger partial charge in [0.1, 0.15) is 17.5 Å². The van der Waals surface area contributed by atoms with E-state index in [0.29, 0.717) is 17.2 Å². The van der Waals surface area contributed by atoms with E-state index in [1.165, 1.54) is 35.0 Å². The Morgan fingerprint density at radius 2 is 1.61 bits per heavy atom. The van der Waals surface area contributed by atoms with Gasteiger partial charge in [-0.05, 0) is 30.3 Å². The fourth-order valence-electron chi connectivity index (χ4n) is 2.85. The Morgan fingerprint density at radius 1 is 0.857 bits per heavy atom. The van der Waals surface area contributed by atoms with Gasteiger partial charge < -0.3 is 5.32 Å². The van der Waals surface area contributed by atoms with Gasteiger partial charge in [0, 0.05) is 11.6 Å². The standard InChI is InChI=1S/C22H15F2N3O/c23-16-9-6-10-17(13-16)27-21(14-20(26-27)15-7-2-1-3-8-15)25-22(28)18-11-4-5-12-19(18)24/h1-14H,(H,25,28). The summed E-state index contributed by atoms with van der Waals surface area (Å²) in [6.07, 6.45) is 0. The molecule has 0 aliphatic rings. The Morgan fingerprint density at radius 3 is 2.36 bits per heavy atom. The summed E-state index contributed by atoms with van der Waals surface area (Å²) in [5.41, 5.74) is 1.77. The van der Waals surface area contributed by atoms with Crippen LogP contribution in [0.3, 0.4) is 0 Å². The largest absolute Gasteiger partial charge is 0.306 e. The molecule has 138 valence electrons. The molecule has 4 aromatic rings. The minimum Gasteiger partial charge on any atom is -0.306 e. The van der Waals surface area contributed by atoms with E-state index in [1.807, 2.05) is 30.3 Å². The number of hydrogen-bond acceptors (Lipinski definition) is 2. The maximum Gasteiger partial charge on any atom is 0.259 e. The molecule has 0 unspecified atom stereocenters. The fraction of sp³-hybridized carbons (Fsp3) is 0. The molecule has 1 heterocycles. The molecule has 1 N–H and O–H groups in total. The zero-order valence-electron chi connectivity index (χ0n) is 14.6. The Kier molecular flexibility index (Phi) is 4.68. The van der Waals surface area contributed by atoms with E-state index in [1.54, 1.807) is 24.3 Å². The number of hydrogen-bond donors (Lipinski definition) is 1. The smallest absolute Gasteiger partial charge is 0.259 e. The molecule has 0 fully saturated rings. The van der Waals surface area contributed by atoms with Gasteiger partial charge in [-0.1, -0.05) is 48.5 Å². The first-order valence-electron chi connectivity index (χ1n) is 8.59. The van der Waals surface area contributed by atoms with Gasteiger partial charge in [0.25, 0.3) is 5.91 Å². The van der Waals surface area contributed by atoms with E-state index < -0.39 is 17.5 Å². The van der Waals surface area contributed by atoms with Crippen LogP contribution >= 0.6 is 0 Å². The second kappa shape index (κ2) is 7.44. The van der Waals surface area contributed by atoms with Crippen LogP contribution in [0.5, 0.6) is 0 Å². The number of aromatic nitrogens is 2. The van der Waals surface area contributed by atoms with Crippen LogP contribution in [-0.4, -0.2) is 15.7 Å². The fourth-order valence-corrected chi connectivity index (χ4v) is 2.85. The Balaban J connectivity index is 1.77. The average molecular weight is 375 g/mol. The molecule has 0 saturated carbocycles. The molecule has 0 radical (unpaired) electrons. The zero-order valence-corrected chi connectivity index (χ0v) is 14.6. The second-order valence-corrected chi connectivity index (χ2v) is 6.11. The van der Waals surface area contributed by atoms with Gasteiger partial charge in [-0.15, -0.1) is 0 Å². The topological polar surface area (TPSA) is 46.9 Å². The Bertz CT molecular complexity index is 1140. The van der Waals surface area contributed by atoms with E-state index >= 15 is 0 Å². The molecule has 6 heteroatoms. The van der Waals surface area contributed by atoms with E-state index in [-0.39, 0.29) is 5.56 Å². The van der Waals surface area contributed by atoms with Crippen molar-refractivity contribution in [3.05, 3.63) is 102 Å². The molecule has 1 amide bonds. The number of rotatable bonds is 4. The predicted octanol–water partition coefficient (Wildman–Crippen LogP) is 5.07. The average Bonchev–Trinajstić information content (AvgIpc) is 3.13. The van der Waals surface area contributed by atoms with E-state index in [2.05, 4.69) is 10.4 Å². The molecular weight excluding hydrogens is 360 g/mol. The summed E-state index contributed by atoms with van der Waals surface area (Å²) in [7, 11) is 0. The lowest BCUT2D eigenvalue weighted by atomic mass is 10.1. The van der Waals surface area contributed by atoms with Crippen LogP contribution in [0.1, 0.15) is 10.4 Å². The minimum atomic E-state index is -0.625. The highest BCUT2D eigenvalue weighted by Crippen LogP contribution is 2.25. The number of carbonyl (C=O) groups excluding carboxylic acids is 1. The van der Waals surface area contributed by atoms with E-state index in [4.69, 9.17) is 0 Å². The third kappa shape index (κ3) is 3.53. The van der Waals surface area contributed by atoms with Crippen LogP contribution < -0.4 is 5.32 Å². The molecule has 1 aromatic heterocycles. The van der Waals surface area contributed by atoms with Crippen LogP contribution in [-0.2, 0) is 0 Å². The summed E-state index contributed by atoms with van der Waals surface area (Å²) in [4.78, 5) is 12.6. The van der Waals surface area contributed by atoms with E-state index in [9.17, 15) is 13.6 Å². The quantitative estimate of drug-likeness (QED) is 0.541. The normalized spacial score (nSPS) is 10.6. The number of nitrogens with one attached hydrogen (secondary N) is 1. The monoisotopic (exact) mass is 375 g/mol. The first-order chi connectivity index (χ1) is 13.6. The molecule has 0 atom stereocenters. The van der Waals surface area contributed by atoms with Gasteiger partial charge in [0.2, 0.25) is 0 Å². The highest BCUT2D eigenvalue weighted by atomic mass is 19.1. The predicted molar refractivity (Wildman–Crippen MR) is 103 cm³/mol. The number of nitrogens with zero attached hydrogens (tertiary/aromatic N) is 2. The van der Waals surface area contributed by atoms with Crippen molar-refractivity contribution in [3.63, 3.8) is 0 Å². The lowest BCUT2D eigenvalue weighted by molar-refractivity contribution is 0.102. The minimum absolute atomic E-state index is 0.0873. The number of anilines is 1. The van der Waals surface area contributed by atoms with Gasteiger partial charge in [-0.25, -0.2) is 13.5 Å². The highest BCUT2D eigenvalue weighted by Gasteiger charge is 2.17. The molecule has 0 saturated heterocycles. The lowest BCUT2D eigenvalue weighted by Crippen LogP contribution is -2.16. The SMILES string of the molecule is O=C(Nc1cc(-c2ccccc2)nn1-c1cccc(F)c1)c1ccccc1F. The maximum absolute atomic E-state index is 14.0. The lowest BCUT2D eigenvalue weighted by Gasteiger charge is -2.09. The molecule has 0 aliphatic heterocycles. The summed E-state index contributed by atoms with van der Waals surface area (Å²) in [5, 5.41) is 7.18. The molecule has 0 spiro atoms. The van der Waals surface area contributed by atoms with Crippen molar-refractivity contribution >= 4 is 11.7 Å². The van der Waals surface area contributed by atoms with Crippen LogP contribution in [0.25, 0.3) is 16.9 Å². The molecule has 0 aliphatic carbocycles. The molecule has 4 rings (SSSR count). The number of amides is 1. The third-order valence-corrected chi connectivity index (χ3v) is 4.19. The van der Waals surface area contributed by atoms with Gasteiger partial charge in [0.05, 0.1) is 16.9 Å². The van der Waals surface area contributed by atoms with Crippen molar-refractivity contribution in [2.75, 3.05) is 5.32 Å². The molecule has 3 aromatic carbocycles. The second-order valence-electron chi connectivity index (χ2n) is 6.11. The zero-order chi connectivity index (χ0) is 19.5. The van der Waals surface area contributed by atoms with E-state index in [0.717, 1.165) is 5.56 Å². The maximum atomic E-state index is 14.0. The highest BCUT2D eigenvalue weighted by molar-refractivity contribution is 6.04. The summed E-state index contributed by atoms with van der Waals surface area (Å²) in [6.45, 7) is 0. The molecular formula is C22H15F2N3O. The molecule has 28 heavy (non-hydrogen) atoms. The number of halogens is 2. The van der Waals surface area contributed by atoms with Crippen molar-refractivity contribution in [1.82, 2.24) is 9.78 Å². The van der Waals surface area contributed by atoms with Crippen LogP contribution in [0, 0.1) is 11.6 Å². The molecule has 0 bridgehead atoms. The number of carbonyl (C=O) groups is 1. The van der Waals surface area contributed by atoms with Gasteiger partial charge >= 0.3 is 0 Å². The first-order valence-corrected chi connectivity index (χ1v) is 8.59. The van der Waals surface area contributed by atoms with Crippen molar-refractivity contribution < 1.29 is 13.6 Å². The molecule has 4 nitrogen and oxygen atoms in total. The Hall–Kier alpha value is -3.80. The van der Waals surface area contributed by atoms with Crippen LogP contribution in [0.2, 0.25) is 0 Å². The number of benzene rings is 3. The van der Waals surface area contributed by atoms with Crippen molar-refractivity contribution in [3.8, 4) is 16.9 Å². The van der Waals surface area contributed by atoms with Crippen molar-refractivity contribution in [2.45, 2.75) is 0 Å². The van der Waals surface area contributed by atoms with Crippen molar-refractivity contribution in [1.29, 1.82) is 0 Å². The summed E-state index contributed by atoms with van der Waals surface area (Å²) < 4.78 is 29.1. The summed E-state index contributed by atoms with van der Waals surface area (Å²) >= 11 is 0. The van der Waals surface area contributed by atoms with Crippen LogP contribution in [0.15, 0.2) is 84.9 Å². The van der Waals surface area contributed by atoms with Crippen molar-refractivity contribution in [2.24, 2.45) is 0 Å². The van der Waals surface area contributed by atoms with Gasteiger partial charge in [0.15, 0.2) is 0 Å². The van der Waals surface area contributed by atoms with Gasteiger partial charge in [-0.3, -0.25) is 4.79 Å². The van der Waals surface area contributed by atoms with Gasteiger partial charge in [-0.2, -0.15) is 5.10 Å².